The van der Waals surface area contributed by atoms with Crippen LogP contribution in [0.25, 0.3) is 0 Å². The summed E-state index contributed by atoms with van der Waals surface area (Å²) < 4.78 is 6.27. The quantitative estimate of drug-likeness (QED) is 0.847. The summed E-state index contributed by atoms with van der Waals surface area (Å²) in [4.78, 5) is 23.1. The lowest BCUT2D eigenvalue weighted by atomic mass is 10.2. The van der Waals surface area contributed by atoms with Gasteiger partial charge in [-0.1, -0.05) is 0 Å². The van der Waals surface area contributed by atoms with Crippen molar-refractivity contribution in [2.45, 2.75) is 6.92 Å². The van der Waals surface area contributed by atoms with E-state index in [2.05, 4.69) is 20.5 Å². The highest BCUT2D eigenvalue weighted by atomic mass is 16.5. The Morgan fingerprint density at radius 2 is 1.86 bits per heavy atom. The molecule has 1 aromatic carbocycles. The monoisotopic (exact) mass is 288 g/mol. The zero-order valence-corrected chi connectivity index (χ0v) is 12.0. The number of anilines is 2. The molecule has 0 bridgehead atoms. The predicted octanol–water partition coefficient (Wildman–Crippen LogP) is 2.16. The highest BCUT2D eigenvalue weighted by molar-refractivity contribution is 5.99. The van der Waals surface area contributed by atoms with Crippen LogP contribution >= 0.6 is 0 Å². The summed E-state index contributed by atoms with van der Waals surface area (Å²) in [6, 6.07) is 7.75. The molecule has 1 aromatic heterocycles. The lowest BCUT2D eigenvalue weighted by molar-refractivity contribution is 0.0601. The molecule has 0 aliphatic heterocycles. The number of carbonyl (C=O) groups excluding carboxylic acids is 2. The summed E-state index contributed by atoms with van der Waals surface area (Å²) in [5.74, 6) is 0.0497. The Kier molecular flexibility index (Phi) is 4.22. The Labute approximate surface area is 121 Å². The fourth-order valence-electron chi connectivity index (χ4n) is 1.71. The zero-order chi connectivity index (χ0) is 15.4. The summed E-state index contributed by atoms with van der Waals surface area (Å²) in [6.07, 6.45) is 0. The van der Waals surface area contributed by atoms with Crippen LogP contribution in [0.5, 0.6) is 0 Å². The van der Waals surface area contributed by atoms with Gasteiger partial charge in [-0.3, -0.25) is 10.00 Å². The highest BCUT2D eigenvalue weighted by Crippen LogP contribution is 2.12. The number of aromatic nitrogens is 2. The Morgan fingerprint density at radius 3 is 2.38 bits per heavy atom. The number of esters is 1. The SMILES string of the molecule is COC(=O)c1ccc(NC(=O)Nc2cc(C)n(C)n2)cc1. The van der Waals surface area contributed by atoms with Crippen molar-refractivity contribution in [2.24, 2.45) is 7.05 Å². The van der Waals surface area contributed by atoms with E-state index in [1.807, 2.05) is 6.92 Å². The van der Waals surface area contributed by atoms with Gasteiger partial charge in [0.2, 0.25) is 0 Å². The smallest absolute Gasteiger partial charge is 0.337 e. The van der Waals surface area contributed by atoms with E-state index in [9.17, 15) is 9.59 Å². The van der Waals surface area contributed by atoms with Gasteiger partial charge in [-0.2, -0.15) is 5.10 Å². The number of aryl methyl sites for hydroxylation is 2. The average molecular weight is 288 g/mol. The number of urea groups is 1. The van der Waals surface area contributed by atoms with E-state index in [1.165, 1.54) is 7.11 Å². The molecule has 0 aliphatic rings. The Bertz CT molecular complexity index is 642. The fraction of sp³-hybridized carbons (Fsp3) is 0.214. The van der Waals surface area contributed by atoms with E-state index >= 15 is 0 Å². The van der Waals surface area contributed by atoms with Crippen molar-refractivity contribution in [2.75, 3.05) is 17.7 Å². The van der Waals surface area contributed by atoms with Gasteiger partial charge in [0, 0.05) is 24.5 Å². The molecule has 7 heteroatoms. The predicted molar refractivity (Wildman–Crippen MR) is 78.4 cm³/mol. The number of hydrogen-bond acceptors (Lipinski definition) is 4. The molecule has 0 unspecified atom stereocenters. The van der Waals surface area contributed by atoms with Crippen molar-refractivity contribution in [1.29, 1.82) is 0 Å². The molecule has 2 aromatic rings. The Balaban J connectivity index is 1.97. The molecule has 0 aliphatic carbocycles. The molecule has 2 rings (SSSR count). The molecule has 0 radical (unpaired) electrons. The molecular weight excluding hydrogens is 272 g/mol. The Morgan fingerprint density at radius 1 is 1.19 bits per heavy atom. The van der Waals surface area contributed by atoms with Crippen molar-refractivity contribution in [1.82, 2.24) is 9.78 Å². The maximum absolute atomic E-state index is 11.8. The van der Waals surface area contributed by atoms with Crippen molar-refractivity contribution in [3.63, 3.8) is 0 Å². The third-order valence-corrected chi connectivity index (χ3v) is 2.92. The second-order valence-electron chi connectivity index (χ2n) is 4.44. The van der Waals surface area contributed by atoms with E-state index in [0.717, 1.165) is 5.69 Å². The number of nitrogens with zero attached hydrogens (tertiary/aromatic N) is 2. The molecule has 110 valence electrons. The maximum atomic E-state index is 11.8. The third-order valence-electron chi connectivity index (χ3n) is 2.92. The van der Waals surface area contributed by atoms with Crippen LogP contribution in [-0.4, -0.2) is 28.9 Å². The van der Waals surface area contributed by atoms with Crippen LogP contribution in [0.3, 0.4) is 0 Å². The molecule has 0 atom stereocenters. The first-order chi connectivity index (χ1) is 9.99. The number of carbonyl (C=O) groups is 2. The van der Waals surface area contributed by atoms with Crippen LogP contribution < -0.4 is 10.6 Å². The summed E-state index contributed by atoms with van der Waals surface area (Å²) in [5, 5.41) is 9.40. The second-order valence-corrected chi connectivity index (χ2v) is 4.44. The van der Waals surface area contributed by atoms with Gasteiger partial charge < -0.3 is 10.1 Å². The lowest BCUT2D eigenvalue weighted by Crippen LogP contribution is -2.19. The van der Waals surface area contributed by atoms with Crippen molar-refractivity contribution >= 4 is 23.5 Å². The minimum Gasteiger partial charge on any atom is -0.465 e. The summed E-state index contributed by atoms with van der Waals surface area (Å²) in [5.41, 5.74) is 1.92. The molecule has 0 spiro atoms. The first-order valence-electron chi connectivity index (χ1n) is 6.26. The molecule has 7 nitrogen and oxygen atoms in total. The molecule has 2 N–H and O–H groups in total. The topological polar surface area (TPSA) is 85.2 Å². The van der Waals surface area contributed by atoms with E-state index < -0.39 is 12.0 Å². The molecule has 2 amide bonds. The number of benzene rings is 1. The first-order valence-corrected chi connectivity index (χ1v) is 6.26. The largest absolute Gasteiger partial charge is 0.465 e. The first kappa shape index (κ1) is 14.6. The second kappa shape index (κ2) is 6.08. The molecule has 21 heavy (non-hydrogen) atoms. The average Bonchev–Trinajstić information content (AvgIpc) is 2.77. The molecule has 1 heterocycles. The standard InChI is InChI=1S/C14H16N4O3/c1-9-8-12(17-18(9)2)16-14(20)15-11-6-4-10(5-7-11)13(19)21-3/h4-8H,1-3H3,(H2,15,16,17,20). The Hall–Kier alpha value is -2.83. The van der Waals surface area contributed by atoms with E-state index in [0.29, 0.717) is 17.1 Å². The van der Waals surface area contributed by atoms with Gasteiger partial charge in [0.25, 0.3) is 0 Å². The van der Waals surface area contributed by atoms with Crippen LogP contribution in [0.2, 0.25) is 0 Å². The molecule has 0 saturated heterocycles. The van der Waals surface area contributed by atoms with Crippen LogP contribution in [0.1, 0.15) is 16.1 Å². The summed E-state index contributed by atoms with van der Waals surface area (Å²) in [6.45, 7) is 1.89. The van der Waals surface area contributed by atoms with Gasteiger partial charge in [-0.25, -0.2) is 9.59 Å². The van der Waals surface area contributed by atoms with Gasteiger partial charge in [0.05, 0.1) is 12.7 Å². The van der Waals surface area contributed by atoms with Gasteiger partial charge >= 0.3 is 12.0 Å². The van der Waals surface area contributed by atoms with Crippen LogP contribution in [0.4, 0.5) is 16.3 Å². The normalized spacial score (nSPS) is 10.0. The third kappa shape index (κ3) is 3.59. The highest BCUT2D eigenvalue weighted by Gasteiger charge is 2.08. The van der Waals surface area contributed by atoms with Crippen LogP contribution in [-0.2, 0) is 11.8 Å². The fourth-order valence-corrected chi connectivity index (χ4v) is 1.71. The lowest BCUT2D eigenvalue weighted by Gasteiger charge is -2.06. The van der Waals surface area contributed by atoms with Gasteiger partial charge in [0.15, 0.2) is 5.82 Å². The molecule has 0 saturated carbocycles. The van der Waals surface area contributed by atoms with Crippen LogP contribution in [0, 0.1) is 6.92 Å². The van der Waals surface area contributed by atoms with E-state index in [-0.39, 0.29) is 0 Å². The zero-order valence-electron chi connectivity index (χ0n) is 12.0. The van der Waals surface area contributed by atoms with Gasteiger partial charge in [-0.05, 0) is 31.2 Å². The summed E-state index contributed by atoms with van der Waals surface area (Å²) in [7, 11) is 3.11. The van der Waals surface area contributed by atoms with Crippen molar-refractivity contribution < 1.29 is 14.3 Å². The minimum atomic E-state index is -0.421. The minimum absolute atomic E-state index is 0.404. The molecular formula is C14H16N4O3. The number of ether oxygens (including phenoxy) is 1. The van der Waals surface area contributed by atoms with Gasteiger partial charge in [-0.15, -0.1) is 0 Å². The maximum Gasteiger partial charge on any atom is 0.337 e. The number of nitrogens with one attached hydrogen (secondary N) is 2. The van der Waals surface area contributed by atoms with E-state index in [4.69, 9.17) is 0 Å². The number of amides is 2. The van der Waals surface area contributed by atoms with E-state index in [1.54, 1.807) is 42.1 Å². The summed E-state index contributed by atoms with van der Waals surface area (Å²) >= 11 is 0. The number of hydrogen-bond donors (Lipinski definition) is 2. The number of rotatable bonds is 3. The van der Waals surface area contributed by atoms with Crippen molar-refractivity contribution in [3.05, 3.63) is 41.6 Å². The van der Waals surface area contributed by atoms with Crippen LogP contribution in [0.15, 0.2) is 30.3 Å². The molecule has 0 fully saturated rings. The van der Waals surface area contributed by atoms with Crippen molar-refractivity contribution in [3.8, 4) is 0 Å². The number of methoxy groups -OCH3 is 1. The van der Waals surface area contributed by atoms with Gasteiger partial charge in [0.1, 0.15) is 0 Å².